The van der Waals surface area contributed by atoms with Crippen molar-refractivity contribution >= 4 is 0 Å². The van der Waals surface area contributed by atoms with Gasteiger partial charge in [-0.2, -0.15) is 0 Å². The number of hydrogen-bond acceptors (Lipinski definition) is 6. The first-order chi connectivity index (χ1) is 18.8. The van der Waals surface area contributed by atoms with Gasteiger partial charge in [0.25, 0.3) is 0 Å². The van der Waals surface area contributed by atoms with Gasteiger partial charge in [0, 0.05) is 23.5 Å². The molecule has 2 aromatic heterocycles. The first-order valence-electron chi connectivity index (χ1n) is 12.5. The minimum absolute atomic E-state index is 0.485. The Kier molecular flexibility index (Phi) is 10.2. The van der Waals surface area contributed by atoms with Crippen LogP contribution in [-0.2, 0) is 9.47 Å². The third-order valence-electron chi connectivity index (χ3n) is 5.59. The zero-order valence-electron chi connectivity index (χ0n) is 21.4. The number of hydrogen-bond donors (Lipinski definition) is 0. The molecule has 0 unspecified atom stereocenters. The predicted molar refractivity (Wildman–Crippen MR) is 151 cm³/mol. The van der Waals surface area contributed by atoms with Gasteiger partial charge in [0.15, 0.2) is 0 Å². The van der Waals surface area contributed by atoms with Crippen molar-refractivity contribution < 1.29 is 18.9 Å². The lowest BCUT2D eigenvalue weighted by atomic mass is 10.1. The summed E-state index contributed by atoms with van der Waals surface area (Å²) in [6.07, 6.45) is 7.16. The van der Waals surface area contributed by atoms with E-state index in [2.05, 4.69) is 23.1 Å². The van der Waals surface area contributed by atoms with Crippen LogP contribution in [0.5, 0.6) is 11.5 Å². The maximum Gasteiger partial charge on any atom is 0.120 e. The molecule has 2 heterocycles. The fourth-order valence-electron chi connectivity index (χ4n) is 3.73. The highest BCUT2D eigenvalue weighted by Crippen LogP contribution is 2.27. The molecule has 0 amide bonds. The lowest BCUT2D eigenvalue weighted by molar-refractivity contribution is 0.121. The van der Waals surface area contributed by atoms with E-state index in [-0.39, 0.29) is 0 Å². The Balaban J connectivity index is 1.37. The van der Waals surface area contributed by atoms with Gasteiger partial charge in [0.2, 0.25) is 0 Å². The normalized spacial score (nSPS) is 10.6. The van der Waals surface area contributed by atoms with Crippen molar-refractivity contribution in [3.8, 4) is 45.1 Å². The maximum absolute atomic E-state index is 5.79. The van der Waals surface area contributed by atoms with Crippen LogP contribution in [0.3, 0.4) is 0 Å². The zero-order chi connectivity index (χ0) is 26.4. The van der Waals surface area contributed by atoms with Crippen LogP contribution in [0.4, 0.5) is 0 Å². The summed E-state index contributed by atoms with van der Waals surface area (Å²) in [4.78, 5) is 9.30. The average molecular weight is 509 g/mol. The highest BCUT2D eigenvalue weighted by atomic mass is 16.5. The number of ether oxygens (including phenoxy) is 4. The standard InChI is InChI=1S/C32H32N2O4/c1-3-15-35-17-19-37-29-9-5-7-25(21-29)27-11-13-31(33-23-27)32-14-12-28(24-34-32)26-8-6-10-30(22-26)38-20-18-36-16-4-2/h3-14,21-24H,1-2,15-20H2. The third kappa shape index (κ3) is 7.87. The van der Waals surface area contributed by atoms with Crippen LogP contribution in [0, 0.1) is 0 Å². The molecule has 0 aliphatic heterocycles. The van der Waals surface area contributed by atoms with E-state index < -0.39 is 0 Å². The number of pyridine rings is 2. The monoisotopic (exact) mass is 508 g/mol. The summed E-state index contributed by atoms with van der Waals surface area (Å²) in [5.41, 5.74) is 5.70. The van der Waals surface area contributed by atoms with Gasteiger partial charge in [-0.1, -0.05) is 48.6 Å². The molecular formula is C32H32N2O4. The van der Waals surface area contributed by atoms with Gasteiger partial charge in [-0.05, 0) is 47.5 Å². The molecule has 4 rings (SSSR count). The first kappa shape index (κ1) is 26.8. The Hall–Kier alpha value is -4.26. The molecule has 0 saturated carbocycles. The van der Waals surface area contributed by atoms with Gasteiger partial charge in [-0.15, -0.1) is 13.2 Å². The first-order valence-corrected chi connectivity index (χ1v) is 12.5. The van der Waals surface area contributed by atoms with Crippen molar-refractivity contribution in [3.05, 3.63) is 111 Å². The van der Waals surface area contributed by atoms with E-state index in [1.54, 1.807) is 12.2 Å². The second kappa shape index (κ2) is 14.5. The molecular weight excluding hydrogens is 476 g/mol. The smallest absolute Gasteiger partial charge is 0.120 e. The molecule has 0 aliphatic rings. The van der Waals surface area contributed by atoms with E-state index in [0.717, 1.165) is 45.1 Å². The predicted octanol–water partition coefficient (Wildman–Crippen LogP) is 6.64. The summed E-state index contributed by atoms with van der Waals surface area (Å²) in [5.74, 6) is 1.59. The van der Waals surface area contributed by atoms with E-state index in [1.165, 1.54) is 0 Å². The largest absolute Gasteiger partial charge is 0.491 e. The van der Waals surface area contributed by atoms with Crippen LogP contribution < -0.4 is 9.47 Å². The number of aromatic nitrogens is 2. The van der Waals surface area contributed by atoms with Crippen LogP contribution in [0.1, 0.15) is 0 Å². The highest BCUT2D eigenvalue weighted by Gasteiger charge is 2.06. The molecule has 194 valence electrons. The quantitative estimate of drug-likeness (QED) is 0.132. The summed E-state index contributed by atoms with van der Waals surface area (Å²) >= 11 is 0. The van der Waals surface area contributed by atoms with E-state index >= 15 is 0 Å². The molecule has 0 saturated heterocycles. The van der Waals surface area contributed by atoms with Crippen molar-refractivity contribution in [2.24, 2.45) is 0 Å². The Morgan fingerprint density at radius 1 is 0.553 bits per heavy atom. The van der Waals surface area contributed by atoms with Gasteiger partial charge >= 0.3 is 0 Å². The lowest BCUT2D eigenvalue weighted by Crippen LogP contribution is -2.06. The molecule has 6 heteroatoms. The highest BCUT2D eigenvalue weighted by molar-refractivity contribution is 5.69. The fourth-order valence-corrected chi connectivity index (χ4v) is 3.73. The minimum atomic E-state index is 0.485. The molecule has 6 nitrogen and oxygen atoms in total. The zero-order valence-corrected chi connectivity index (χ0v) is 21.4. The van der Waals surface area contributed by atoms with E-state index in [1.807, 2.05) is 85.2 Å². The Morgan fingerprint density at radius 2 is 1.03 bits per heavy atom. The summed E-state index contributed by atoms with van der Waals surface area (Å²) in [7, 11) is 0. The number of nitrogens with zero attached hydrogens (tertiary/aromatic N) is 2. The van der Waals surface area contributed by atoms with Crippen molar-refractivity contribution in [2.45, 2.75) is 0 Å². The van der Waals surface area contributed by atoms with Gasteiger partial charge in [-0.3, -0.25) is 9.97 Å². The molecule has 0 radical (unpaired) electrons. The fraction of sp³-hybridized carbons (Fsp3) is 0.188. The molecule has 0 atom stereocenters. The summed E-state index contributed by atoms with van der Waals surface area (Å²) in [6.45, 7) is 10.3. The van der Waals surface area contributed by atoms with Crippen LogP contribution in [0.25, 0.3) is 33.6 Å². The Morgan fingerprint density at radius 3 is 1.42 bits per heavy atom. The molecule has 2 aromatic carbocycles. The molecule has 0 bridgehead atoms. The second-order valence-corrected chi connectivity index (χ2v) is 8.34. The SMILES string of the molecule is C=CCOCCOc1cccc(-c2ccc(-c3ccc(-c4cccc(OCCOCC=C)c4)cn3)nc2)c1. The van der Waals surface area contributed by atoms with Gasteiger partial charge in [0.1, 0.15) is 24.7 Å². The van der Waals surface area contributed by atoms with Gasteiger partial charge < -0.3 is 18.9 Å². The van der Waals surface area contributed by atoms with Gasteiger partial charge in [-0.25, -0.2) is 0 Å². The average Bonchev–Trinajstić information content (AvgIpc) is 2.97. The van der Waals surface area contributed by atoms with Crippen LogP contribution in [0.2, 0.25) is 0 Å². The van der Waals surface area contributed by atoms with E-state index in [9.17, 15) is 0 Å². The van der Waals surface area contributed by atoms with Crippen molar-refractivity contribution in [1.29, 1.82) is 0 Å². The molecule has 0 fully saturated rings. The van der Waals surface area contributed by atoms with E-state index in [4.69, 9.17) is 18.9 Å². The van der Waals surface area contributed by atoms with Gasteiger partial charge in [0.05, 0.1) is 37.8 Å². The summed E-state index contributed by atoms with van der Waals surface area (Å²) < 4.78 is 22.3. The van der Waals surface area contributed by atoms with E-state index in [0.29, 0.717) is 39.6 Å². The Bertz CT molecular complexity index is 1200. The van der Waals surface area contributed by atoms with Crippen LogP contribution >= 0.6 is 0 Å². The van der Waals surface area contributed by atoms with Crippen LogP contribution in [0.15, 0.2) is 111 Å². The van der Waals surface area contributed by atoms with Crippen LogP contribution in [-0.4, -0.2) is 49.6 Å². The number of benzene rings is 2. The molecule has 4 aromatic rings. The molecule has 0 N–H and O–H groups in total. The third-order valence-corrected chi connectivity index (χ3v) is 5.59. The Labute approximate surface area is 224 Å². The lowest BCUT2D eigenvalue weighted by Gasteiger charge is -2.09. The maximum atomic E-state index is 5.79. The molecule has 0 aliphatic carbocycles. The summed E-state index contributed by atoms with van der Waals surface area (Å²) in [6, 6.07) is 24.0. The van der Waals surface area contributed by atoms with Crippen molar-refractivity contribution in [2.75, 3.05) is 39.6 Å². The topological polar surface area (TPSA) is 62.7 Å². The number of rotatable bonds is 15. The van der Waals surface area contributed by atoms with Crippen molar-refractivity contribution in [1.82, 2.24) is 9.97 Å². The van der Waals surface area contributed by atoms with Crippen molar-refractivity contribution in [3.63, 3.8) is 0 Å². The molecule has 0 spiro atoms. The molecule has 38 heavy (non-hydrogen) atoms. The minimum Gasteiger partial charge on any atom is -0.491 e. The second-order valence-electron chi connectivity index (χ2n) is 8.34. The summed E-state index contributed by atoms with van der Waals surface area (Å²) in [5, 5.41) is 0.